The van der Waals surface area contributed by atoms with Gasteiger partial charge >= 0.3 is 0 Å². The molecule has 0 aliphatic carbocycles. The Labute approximate surface area is 121 Å². The third kappa shape index (κ3) is 2.55. The SMILES string of the molecule is CNc1cc(N2CC(=O)NC(=O)C2(C)C)nc(SC)n1. The van der Waals surface area contributed by atoms with Crippen molar-refractivity contribution in [2.24, 2.45) is 0 Å². The predicted molar refractivity (Wildman–Crippen MR) is 77.9 cm³/mol. The summed E-state index contributed by atoms with van der Waals surface area (Å²) in [6, 6.07) is 1.73. The molecule has 0 radical (unpaired) electrons. The molecule has 0 saturated carbocycles. The second kappa shape index (κ2) is 5.28. The molecule has 0 atom stereocenters. The van der Waals surface area contributed by atoms with Gasteiger partial charge in [-0.25, -0.2) is 9.97 Å². The maximum atomic E-state index is 12.0. The van der Waals surface area contributed by atoms with Crippen LogP contribution in [0.4, 0.5) is 11.6 Å². The van der Waals surface area contributed by atoms with Crippen LogP contribution in [0.3, 0.4) is 0 Å². The predicted octanol–water partition coefficient (Wildman–Crippen LogP) is 0.482. The quantitative estimate of drug-likeness (QED) is 0.476. The van der Waals surface area contributed by atoms with Crippen LogP contribution in [-0.4, -0.2) is 47.2 Å². The molecule has 0 spiro atoms. The number of carbonyl (C=O) groups is 2. The van der Waals surface area contributed by atoms with Crippen molar-refractivity contribution < 1.29 is 9.59 Å². The summed E-state index contributed by atoms with van der Waals surface area (Å²) in [5.41, 5.74) is -0.844. The van der Waals surface area contributed by atoms with Gasteiger partial charge in [0.15, 0.2) is 5.16 Å². The molecule has 1 saturated heterocycles. The summed E-state index contributed by atoms with van der Waals surface area (Å²) in [4.78, 5) is 34.0. The van der Waals surface area contributed by atoms with Gasteiger partial charge in [-0.3, -0.25) is 14.9 Å². The molecule has 7 nitrogen and oxygen atoms in total. The molecule has 1 aromatic rings. The topological polar surface area (TPSA) is 87.2 Å². The zero-order valence-corrected chi connectivity index (χ0v) is 12.7. The number of piperazine rings is 1. The highest BCUT2D eigenvalue weighted by Crippen LogP contribution is 2.27. The Morgan fingerprint density at radius 1 is 1.40 bits per heavy atom. The van der Waals surface area contributed by atoms with E-state index < -0.39 is 5.54 Å². The lowest BCUT2D eigenvalue weighted by Crippen LogP contribution is -2.64. The molecule has 20 heavy (non-hydrogen) atoms. The highest BCUT2D eigenvalue weighted by atomic mass is 32.2. The van der Waals surface area contributed by atoms with Gasteiger partial charge in [0.2, 0.25) is 5.91 Å². The van der Waals surface area contributed by atoms with Gasteiger partial charge in [-0.05, 0) is 20.1 Å². The molecule has 1 aliphatic rings. The van der Waals surface area contributed by atoms with Gasteiger partial charge in [-0.15, -0.1) is 0 Å². The summed E-state index contributed by atoms with van der Waals surface area (Å²) in [7, 11) is 1.76. The number of amides is 2. The number of nitrogens with zero attached hydrogens (tertiary/aromatic N) is 3. The Balaban J connectivity index is 2.47. The van der Waals surface area contributed by atoms with E-state index in [1.54, 1.807) is 31.9 Å². The van der Waals surface area contributed by atoms with Crippen LogP contribution < -0.4 is 15.5 Å². The Hall–Kier alpha value is -1.83. The summed E-state index contributed by atoms with van der Waals surface area (Å²) in [5, 5.41) is 5.88. The number of hydrogen-bond donors (Lipinski definition) is 2. The van der Waals surface area contributed by atoms with Crippen LogP contribution in [0.25, 0.3) is 0 Å². The lowest BCUT2D eigenvalue weighted by atomic mass is 9.99. The number of carbonyl (C=O) groups excluding carboxylic acids is 2. The molecule has 0 aromatic carbocycles. The van der Waals surface area contributed by atoms with Crippen molar-refractivity contribution in [2.45, 2.75) is 24.5 Å². The monoisotopic (exact) mass is 295 g/mol. The largest absolute Gasteiger partial charge is 0.373 e. The molecule has 1 aromatic heterocycles. The van der Waals surface area contributed by atoms with Gasteiger partial charge in [0.1, 0.15) is 17.2 Å². The lowest BCUT2D eigenvalue weighted by molar-refractivity contribution is -0.135. The summed E-state index contributed by atoms with van der Waals surface area (Å²) in [5.74, 6) is 0.546. The molecule has 2 amide bonds. The van der Waals surface area contributed by atoms with Crippen molar-refractivity contribution in [3.8, 4) is 0 Å². The number of rotatable bonds is 3. The van der Waals surface area contributed by atoms with Crippen molar-refractivity contribution in [2.75, 3.05) is 30.1 Å². The number of aromatic nitrogens is 2. The third-order valence-electron chi connectivity index (χ3n) is 3.19. The average molecular weight is 295 g/mol. The lowest BCUT2D eigenvalue weighted by Gasteiger charge is -2.41. The molecule has 1 fully saturated rings. The molecule has 0 bridgehead atoms. The average Bonchev–Trinajstić information content (AvgIpc) is 2.42. The van der Waals surface area contributed by atoms with E-state index in [1.807, 2.05) is 6.26 Å². The first-order valence-corrected chi connectivity index (χ1v) is 7.33. The normalized spacial score (nSPS) is 17.9. The van der Waals surface area contributed by atoms with Crippen molar-refractivity contribution in [1.29, 1.82) is 0 Å². The Morgan fingerprint density at radius 2 is 2.10 bits per heavy atom. The van der Waals surface area contributed by atoms with E-state index in [-0.39, 0.29) is 18.4 Å². The second-order valence-corrected chi connectivity index (χ2v) is 5.64. The fourth-order valence-electron chi connectivity index (χ4n) is 1.92. The van der Waals surface area contributed by atoms with Crippen LogP contribution in [0.1, 0.15) is 13.8 Å². The zero-order valence-electron chi connectivity index (χ0n) is 11.9. The Kier molecular flexibility index (Phi) is 3.85. The Morgan fingerprint density at radius 3 is 2.70 bits per heavy atom. The van der Waals surface area contributed by atoms with Gasteiger partial charge in [0.25, 0.3) is 5.91 Å². The van der Waals surface area contributed by atoms with Gasteiger partial charge < -0.3 is 10.2 Å². The van der Waals surface area contributed by atoms with Gasteiger partial charge in [0.05, 0.1) is 6.54 Å². The van der Waals surface area contributed by atoms with E-state index in [0.29, 0.717) is 16.8 Å². The molecular formula is C12H17N5O2S. The number of hydrogen-bond acceptors (Lipinski definition) is 7. The first-order valence-electron chi connectivity index (χ1n) is 6.11. The molecule has 2 N–H and O–H groups in total. The summed E-state index contributed by atoms with van der Waals surface area (Å²) >= 11 is 1.40. The van der Waals surface area contributed by atoms with E-state index in [9.17, 15) is 9.59 Å². The molecule has 8 heteroatoms. The number of imide groups is 1. The number of thioether (sulfide) groups is 1. The van der Waals surface area contributed by atoms with Crippen LogP contribution in [0.5, 0.6) is 0 Å². The summed E-state index contributed by atoms with van der Waals surface area (Å²) < 4.78 is 0. The smallest absolute Gasteiger partial charge is 0.251 e. The maximum absolute atomic E-state index is 12.0. The zero-order chi connectivity index (χ0) is 14.9. The van der Waals surface area contributed by atoms with Crippen LogP contribution in [-0.2, 0) is 9.59 Å². The van der Waals surface area contributed by atoms with Crippen LogP contribution in [0.15, 0.2) is 11.2 Å². The van der Waals surface area contributed by atoms with Crippen LogP contribution >= 0.6 is 11.8 Å². The minimum absolute atomic E-state index is 0.0900. The van der Waals surface area contributed by atoms with Crippen molar-refractivity contribution >= 4 is 35.2 Å². The second-order valence-electron chi connectivity index (χ2n) is 4.87. The molecule has 108 valence electrons. The number of nitrogens with one attached hydrogen (secondary N) is 2. The number of anilines is 2. The van der Waals surface area contributed by atoms with Gasteiger partial charge in [-0.2, -0.15) is 0 Å². The van der Waals surface area contributed by atoms with Gasteiger partial charge in [0, 0.05) is 13.1 Å². The maximum Gasteiger partial charge on any atom is 0.251 e. The summed E-state index contributed by atoms with van der Waals surface area (Å²) in [6.07, 6.45) is 1.87. The van der Waals surface area contributed by atoms with Crippen LogP contribution in [0.2, 0.25) is 0 Å². The summed E-state index contributed by atoms with van der Waals surface area (Å²) in [6.45, 7) is 3.61. The molecule has 1 aliphatic heterocycles. The van der Waals surface area contributed by atoms with Crippen molar-refractivity contribution in [3.05, 3.63) is 6.07 Å². The molecular weight excluding hydrogens is 278 g/mol. The minimum atomic E-state index is -0.844. The molecule has 0 unspecified atom stereocenters. The van der Waals surface area contributed by atoms with E-state index in [1.165, 1.54) is 11.8 Å². The Bertz CT molecular complexity index is 539. The molecule has 2 heterocycles. The van der Waals surface area contributed by atoms with E-state index in [2.05, 4.69) is 20.6 Å². The van der Waals surface area contributed by atoms with Crippen LogP contribution in [0, 0.1) is 0 Å². The highest BCUT2D eigenvalue weighted by molar-refractivity contribution is 7.98. The standard InChI is InChI=1S/C12H17N5O2S/c1-12(2)10(19)16-9(18)6-17(12)8-5-7(13-3)14-11(15-8)20-4/h5H,6H2,1-4H3,(H,13,14,15)(H,16,18,19). The third-order valence-corrected chi connectivity index (χ3v) is 3.74. The fraction of sp³-hybridized carbons (Fsp3) is 0.500. The highest BCUT2D eigenvalue weighted by Gasteiger charge is 2.41. The first-order chi connectivity index (χ1) is 9.38. The van der Waals surface area contributed by atoms with E-state index >= 15 is 0 Å². The fourth-order valence-corrected chi connectivity index (χ4v) is 2.30. The van der Waals surface area contributed by atoms with E-state index in [0.717, 1.165) is 0 Å². The molecule has 2 rings (SSSR count). The minimum Gasteiger partial charge on any atom is -0.373 e. The van der Waals surface area contributed by atoms with Crippen molar-refractivity contribution in [1.82, 2.24) is 15.3 Å². The first kappa shape index (κ1) is 14.6. The van der Waals surface area contributed by atoms with Gasteiger partial charge in [-0.1, -0.05) is 11.8 Å². The van der Waals surface area contributed by atoms with E-state index in [4.69, 9.17) is 0 Å². The van der Waals surface area contributed by atoms with Crippen molar-refractivity contribution in [3.63, 3.8) is 0 Å².